The molecule has 7 nitrogen and oxygen atoms in total. The molecule has 158 valence electrons. The van der Waals surface area contributed by atoms with E-state index in [4.69, 9.17) is 0 Å². The van der Waals surface area contributed by atoms with E-state index < -0.39 is 0 Å². The number of hydrogen-bond acceptors (Lipinski definition) is 4. The summed E-state index contributed by atoms with van der Waals surface area (Å²) in [6.45, 7) is 6.76. The van der Waals surface area contributed by atoms with Crippen molar-refractivity contribution in [1.29, 1.82) is 0 Å². The molecule has 2 heterocycles. The minimum absolute atomic E-state index is 0.0490. The van der Waals surface area contributed by atoms with Gasteiger partial charge in [-0.25, -0.2) is 0 Å². The molecule has 0 spiro atoms. The van der Waals surface area contributed by atoms with Gasteiger partial charge in [-0.15, -0.1) is 0 Å². The summed E-state index contributed by atoms with van der Waals surface area (Å²) >= 11 is 0. The maximum absolute atomic E-state index is 12.6. The van der Waals surface area contributed by atoms with Gasteiger partial charge < -0.3 is 15.1 Å². The second kappa shape index (κ2) is 10.4. The number of piperidine rings is 1. The highest BCUT2D eigenvalue weighted by molar-refractivity contribution is 5.94. The van der Waals surface area contributed by atoms with E-state index >= 15 is 0 Å². The Morgan fingerprint density at radius 3 is 2.14 bits per heavy atom. The van der Waals surface area contributed by atoms with Gasteiger partial charge in [-0.2, -0.15) is 0 Å². The van der Waals surface area contributed by atoms with Gasteiger partial charge in [0.2, 0.25) is 11.8 Å². The second-order valence-corrected chi connectivity index (χ2v) is 8.04. The van der Waals surface area contributed by atoms with E-state index in [-0.39, 0.29) is 30.2 Å². The molecule has 1 unspecified atom stereocenters. The minimum Gasteiger partial charge on any atom is -0.349 e. The second-order valence-electron chi connectivity index (χ2n) is 8.04. The third-order valence-corrected chi connectivity index (χ3v) is 5.69. The summed E-state index contributed by atoms with van der Waals surface area (Å²) in [6.07, 6.45) is 3.71. The monoisotopic (exact) mass is 400 g/mol. The number of nitrogens with one attached hydrogen (secondary N) is 1. The summed E-state index contributed by atoms with van der Waals surface area (Å²) in [4.78, 5) is 43.2. The first kappa shape index (κ1) is 21.3. The van der Waals surface area contributed by atoms with Gasteiger partial charge in [-0.05, 0) is 38.3 Å². The first-order valence-corrected chi connectivity index (χ1v) is 10.7. The van der Waals surface area contributed by atoms with Crippen LogP contribution in [-0.4, -0.2) is 84.3 Å². The molecule has 0 aromatic heterocycles. The van der Waals surface area contributed by atoms with E-state index in [0.29, 0.717) is 25.2 Å². The Hall–Kier alpha value is -2.41. The van der Waals surface area contributed by atoms with Gasteiger partial charge in [0.25, 0.3) is 5.91 Å². The average Bonchev–Trinajstić information content (AvgIpc) is 2.75. The molecule has 1 aromatic carbocycles. The van der Waals surface area contributed by atoms with E-state index in [0.717, 1.165) is 39.0 Å². The topological polar surface area (TPSA) is 73.0 Å². The van der Waals surface area contributed by atoms with Crippen molar-refractivity contribution in [2.24, 2.45) is 0 Å². The molecular weight excluding hydrogens is 368 g/mol. The van der Waals surface area contributed by atoms with Crippen molar-refractivity contribution in [2.75, 3.05) is 45.8 Å². The molecule has 3 rings (SSSR count). The van der Waals surface area contributed by atoms with Crippen molar-refractivity contribution in [3.63, 3.8) is 0 Å². The van der Waals surface area contributed by atoms with Crippen LogP contribution in [0.2, 0.25) is 0 Å². The van der Waals surface area contributed by atoms with Crippen LogP contribution >= 0.6 is 0 Å². The van der Waals surface area contributed by atoms with Crippen molar-refractivity contribution in [3.05, 3.63) is 35.9 Å². The Labute approximate surface area is 173 Å². The third-order valence-electron chi connectivity index (χ3n) is 5.69. The highest BCUT2D eigenvalue weighted by atomic mass is 16.2. The molecule has 7 heteroatoms. The molecule has 0 bridgehead atoms. The molecule has 29 heavy (non-hydrogen) atoms. The molecule has 0 radical (unpaired) electrons. The highest BCUT2D eigenvalue weighted by Gasteiger charge is 2.25. The number of likely N-dealkylation sites (tertiary alicyclic amines) is 1. The largest absolute Gasteiger partial charge is 0.349 e. The molecule has 1 aromatic rings. The first-order chi connectivity index (χ1) is 14.0. The van der Waals surface area contributed by atoms with Crippen LogP contribution in [-0.2, 0) is 9.59 Å². The number of nitrogens with zero attached hydrogens (tertiary/aromatic N) is 3. The number of carbonyl (C=O) groups is 3. The molecule has 0 aliphatic carbocycles. The normalized spacial score (nSPS) is 18.9. The predicted octanol–water partition coefficient (Wildman–Crippen LogP) is 1.35. The standard InChI is InChI=1S/C22H32N4O3/c1-18(23-22(29)19-8-4-2-5-9-19)16-20(27)26-14-12-24(13-15-26)17-21(28)25-10-6-3-7-11-25/h2,4-5,8-9,18H,3,6-7,10-17H2,1H3,(H,23,29). The number of amides is 3. The summed E-state index contributed by atoms with van der Waals surface area (Å²) in [5.74, 6) is 0.0986. The van der Waals surface area contributed by atoms with Crippen LogP contribution in [0.15, 0.2) is 30.3 Å². The van der Waals surface area contributed by atoms with E-state index in [1.807, 2.05) is 34.9 Å². The van der Waals surface area contributed by atoms with Crippen LogP contribution in [0.4, 0.5) is 0 Å². The lowest BCUT2D eigenvalue weighted by atomic mass is 10.1. The smallest absolute Gasteiger partial charge is 0.251 e. The Morgan fingerprint density at radius 2 is 1.48 bits per heavy atom. The van der Waals surface area contributed by atoms with Crippen LogP contribution in [0.3, 0.4) is 0 Å². The number of rotatable bonds is 6. The molecule has 2 aliphatic rings. The maximum Gasteiger partial charge on any atom is 0.251 e. The lowest BCUT2D eigenvalue weighted by molar-refractivity contribution is -0.135. The summed E-state index contributed by atoms with van der Waals surface area (Å²) in [7, 11) is 0. The van der Waals surface area contributed by atoms with Crippen molar-refractivity contribution in [2.45, 2.75) is 38.6 Å². The summed E-state index contributed by atoms with van der Waals surface area (Å²) < 4.78 is 0. The molecule has 2 saturated heterocycles. The van der Waals surface area contributed by atoms with Gasteiger partial charge >= 0.3 is 0 Å². The molecule has 2 fully saturated rings. The van der Waals surface area contributed by atoms with E-state index in [1.165, 1.54) is 6.42 Å². The molecule has 1 N–H and O–H groups in total. The predicted molar refractivity (Wildman–Crippen MR) is 111 cm³/mol. The van der Waals surface area contributed by atoms with E-state index in [2.05, 4.69) is 10.2 Å². The first-order valence-electron chi connectivity index (χ1n) is 10.7. The Bertz CT molecular complexity index is 695. The Kier molecular flexibility index (Phi) is 7.63. The summed E-state index contributed by atoms with van der Waals surface area (Å²) in [5, 5.41) is 2.89. The fourth-order valence-electron chi connectivity index (χ4n) is 3.93. The van der Waals surface area contributed by atoms with Crippen LogP contribution in [0.5, 0.6) is 0 Å². The van der Waals surface area contributed by atoms with Gasteiger partial charge in [0.15, 0.2) is 0 Å². The van der Waals surface area contributed by atoms with Gasteiger partial charge in [-0.1, -0.05) is 18.2 Å². The zero-order valence-corrected chi connectivity index (χ0v) is 17.3. The third kappa shape index (κ3) is 6.29. The quantitative estimate of drug-likeness (QED) is 0.782. The van der Waals surface area contributed by atoms with Crippen LogP contribution in [0.25, 0.3) is 0 Å². The van der Waals surface area contributed by atoms with Gasteiger partial charge in [0.1, 0.15) is 0 Å². The van der Waals surface area contributed by atoms with Gasteiger partial charge in [-0.3, -0.25) is 19.3 Å². The molecule has 2 aliphatic heterocycles. The van der Waals surface area contributed by atoms with Crippen LogP contribution in [0.1, 0.15) is 43.0 Å². The summed E-state index contributed by atoms with van der Waals surface area (Å²) in [5.41, 5.74) is 0.596. The number of carbonyl (C=O) groups excluding carboxylic acids is 3. The zero-order chi connectivity index (χ0) is 20.6. The van der Waals surface area contributed by atoms with Gasteiger partial charge in [0, 0.05) is 57.3 Å². The lowest BCUT2D eigenvalue weighted by Crippen LogP contribution is -2.52. The zero-order valence-electron chi connectivity index (χ0n) is 17.3. The van der Waals surface area contributed by atoms with Gasteiger partial charge in [0.05, 0.1) is 6.54 Å². The summed E-state index contributed by atoms with van der Waals surface area (Å²) in [6, 6.07) is 8.79. The molecule has 0 saturated carbocycles. The lowest BCUT2D eigenvalue weighted by Gasteiger charge is -2.36. The fraction of sp³-hybridized carbons (Fsp3) is 0.591. The average molecular weight is 401 g/mol. The van der Waals surface area contributed by atoms with Crippen molar-refractivity contribution in [1.82, 2.24) is 20.0 Å². The number of hydrogen-bond donors (Lipinski definition) is 1. The number of benzene rings is 1. The Morgan fingerprint density at radius 1 is 0.862 bits per heavy atom. The van der Waals surface area contributed by atoms with Crippen LogP contribution < -0.4 is 5.32 Å². The van der Waals surface area contributed by atoms with Crippen molar-refractivity contribution in [3.8, 4) is 0 Å². The van der Waals surface area contributed by atoms with Crippen molar-refractivity contribution >= 4 is 17.7 Å². The SMILES string of the molecule is CC(CC(=O)N1CCN(CC(=O)N2CCCCC2)CC1)NC(=O)c1ccccc1. The Balaban J connectivity index is 1.38. The van der Waals surface area contributed by atoms with E-state index in [9.17, 15) is 14.4 Å². The minimum atomic E-state index is -0.228. The highest BCUT2D eigenvalue weighted by Crippen LogP contribution is 2.11. The maximum atomic E-state index is 12.6. The molecule has 1 atom stereocenters. The van der Waals surface area contributed by atoms with Crippen LogP contribution in [0, 0.1) is 0 Å². The van der Waals surface area contributed by atoms with E-state index in [1.54, 1.807) is 12.1 Å². The number of piperazine rings is 1. The molecule has 3 amide bonds. The molecular formula is C22H32N4O3. The fourth-order valence-corrected chi connectivity index (χ4v) is 3.93. The van der Waals surface area contributed by atoms with Crippen molar-refractivity contribution < 1.29 is 14.4 Å².